The van der Waals surface area contributed by atoms with Crippen LogP contribution in [0.3, 0.4) is 0 Å². The van der Waals surface area contributed by atoms with Crippen molar-refractivity contribution in [2.24, 2.45) is 34.5 Å². The van der Waals surface area contributed by atoms with Crippen LogP contribution in [0.15, 0.2) is 24.3 Å². The average Bonchev–Trinajstić information content (AvgIpc) is 3.21. The number of hydrogen-bond donors (Lipinski definition) is 2. The summed E-state index contributed by atoms with van der Waals surface area (Å²) < 4.78 is 0. The maximum absolute atomic E-state index is 13.1. The van der Waals surface area contributed by atoms with Gasteiger partial charge in [-0.05, 0) is 98.2 Å². The first-order chi connectivity index (χ1) is 17.3. The molecule has 6 rings (SSSR count). The Morgan fingerprint density at radius 3 is 2.89 bits per heavy atom. The minimum Gasteiger partial charge on any atom is -0.370 e. The van der Waals surface area contributed by atoms with Gasteiger partial charge in [0.25, 0.3) is 0 Å². The van der Waals surface area contributed by atoms with E-state index in [0.717, 1.165) is 43.7 Å². The second-order valence-corrected chi connectivity index (χ2v) is 12.8. The Kier molecular flexibility index (Phi) is 5.92. The van der Waals surface area contributed by atoms with E-state index in [1.807, 2.05) is 18.0 Å². The summed E-state index contributed by atoms with van der Waals surface area (Å²) in [6.07, 6.45) is 14.1. The van der Waals surface area contributed by atoms with Gasteiger partial charge in [0.05, 0.1) is 12.2 Å². The molecule has 2 N–H and O–H groups in total. The zero-order chi connectivity index (χ0) is 25.1. The van der Waals surface area contributed by atoms with Crippen LogP contribution in [0.4, 0.5) is 5.82 Å². The van der Waals surface area contributed by atoms with E-state index in [1.54, 1.807) is 0 Å². The van der Waals surface area contributed by atoms with Crippen molar-refractivity contribution in [3.05, 3.63) is 35.5 Å². The van der Waals surface area contributed by atoms with Gasteiger partial charge in [-0.2, -0.15) is 0 Å². The third-order valence-corrected chi connectivity index (χ3v) is 11.2. The topological polar surface area (TPSA) is 74.3 Å². The normalized spacial score (nSPS) is 38.9. The average molecular weight is 491 g/mol. The van der Waals surface area contributed by atoms with Crippen LogP contribution in [-0.2, 0) is 22.6 Å². The molecular weight excluding hydrogens is 448 g/mol. The smallest absolute Gasteiger partial charge is 0.246 e. The van der Waals surface area contributed by atoms with Crippen molar-refractivity contribution >= 4 is 17.6 Å². The maximum Gasteiger partial charge on any atom is 0.246 e. The Morgan fingerprint density at radius 1 is 1.17 bits per heavy atom. The molecular formula is C30H42N4O2. The van der Waals surface area contributed by atoms with E-state index in [1.165, 1.54) is 31.2 Å². The number of likely N-dealkylation sites (N-methyl/N-ethyl adjacent to an activating group) is 1. The Hall–Kier alpha value is -2.37. The highest BCUT2D eigenvalue weighted by molar-refractivity contribution is 5.89. The fourth-order valence-electron chi connectivity index (χ4n) is 9.13. The van der Waals surface area contributed by atoms with Crippen LogP contribution in [0.25, 0.3) is 0 Å². The molecule has 0 unspecified atom stereocenters. The lowest BCUT2D eigenvalue weighted by molar-refractivity contribution is -0.139. The van der Waals surface area contributed by atoms with Crippen molar-refractivity contribution in [3.8, 4) is 0 Å². The summed E-state index contributed by atoms with van der Waals surface area (Å²) >= 11 is 0. The molecule has 0 spiro atoms. The highest BCUT2D eigenvalue weighted by Crippen LogP contribution is 2.65. The summed E-state index contributed by atoms with van der Waals surface area (Å²) in [5.41, 5.74) is 2.54. The molecule has 36 heavy (non-hydrogen) atoms. The fourth-order valence-corrected chi connectivity index (χ4v) is 9.13. The molecule has 0 radical (unpaired) electrons. The van der Waals surface area contributed by atoms with Gasteiger partial charge in [-0.15, -0.1) is 0 Å². The first-order valence-electron chi connectivity index (χ1n) is 14.2. The Morgan fingerprint density at radius 2 is 2.03 bits per heavy atom. The van der Waals surface area contributed by atoms with Crippen molar-refractivity contribution in [1.29, 1.82) is 0 Å². The molecule has 1 aromatic heterocycles. The van der Waals surface area contributed by atoms with Gasteiger partial charge in [0.15, 0.2) is 0 Å². The van der Waals surface area contributed by atoms with Crippen molar-refractivity contribution in [2.45, 2.75) is 84.2 Å². The first kappa shape index (κ1) is 24.0. The van der Waals surface area contributed by atoms with E-state index in [-0.39, 0.29) is 22.6 Å². The van der Waals surface area contributed by atoms with Crippen molar-refractivity contribution < 1.29 is 9.59 Å². The van der Waals surface area contributed by atoms with Gasteiger partial charge in [0.1, 0.15) is 5.82 Å². The Labute approximate surface area is 215 Å². The number of amides is 2. The monoisotopic (exact) mass is 490 g/mol. The van der Waals surface area contributed by atoms with Gasteiger partial charge in [0, 0.05) is 31.5 Å². The molecule has 7 atom stereocenters. The predicted octanol–water partition coefficient (Wildman–Crippen LogP) is 4.70. The van der Waals surface area contributed by atoms with Gasteiger partial charge in [-0.25, -0.2) is 4.98 Å². The van der Waals surface area contributed by atoms with Crippen LogP contribution in [-0.4, -0.2) is 41.3 Å². The van der Waals surface area contributed by atoms with E-state index >= 15 is 0 Å². The predicted molar refractivity (Wildman–Crippen MR) is 141 cm³/mol. The van der Waals surface area contributed by atoms with Crippen molar-refractivity contribution in [2.75, 3.05) is 18.9 Å². The first-order valence-corrected chi connectivity index (χ1v) is 14.2. The number of nitrogens with one attached hydrogen (secondary N) is 2. The number of rotatable bonds is 4. The van der Waals surface area contributed by atoms with E-state index < -0.39 is 0 Å². The molecule has 2 amide bonds. The molecule has 0 bridgehead atoms. The van der Waals surface area contributed by atoms with Crippen LogP contribution >= 0.6 is 0 Å². The largest absolute Gasteiger partial charge is 0.370 e. The molecule has 0 saturated heterocycles. The third-order valence-electron chi connectivity index (χ3n) is 11.2. The number of aryl methyl sites for hydroxylation is 1. The minimum atomic E-state index is 0.0824. The van der Waals surface area contributed by atoms with Crippen LogP contribution in [0, 0.1) is 34.5 Å². The molecule has 0 aromatic carbocycles. The van der Waals surface area contributed by atoms with Gasteiger partial charge in [0.2, 0.25) is 11.8 Å². The number of nitrogens with zero attached hydrogens (tertiary/aromatic N) is 2. The Bertz CT molecular complexity index is 1080. The van der Waals surface area contributed by atoms with Gasteiger partial charge < -0.3 is 15.5 Å². The number of carbonyl (C=O) groups is 2. The van der Waals surface area contributed by atoms with Gasteiger partial charge in [-0.3, -0.25) is 9.59 Å². The van der Waals surface area contributed by atoms with Gasteiger partial charge in [-0.1, -0.05) is 26.0 Å². The molecule has 1 aromatic rings. The summed E-state index contributed by atoms with van der Waals surface area (Å²) in [5, 5.41) is 6.56. The van der Waals surface area contributed by atoms with Crippen LogP contribution in [0.1, 0.15) is 76.5 Å². The molecule has 3 heterocycles. The summed E-state index contributed by atoms with van der Waals surface area (Å²) in [5.74, 6) is 3.80. The molecule has 5 aliphatic rings. The second kappa shape index (κ2) is 8.88. The minimum absolute atomic E-state index is 0.0824. The second-order valence-electron chi connectivity index (χ2n) is 12.8. The van der Waals surface area contributed by atoms with E-state index in [2.05, 4.69) is 42.7 Å². The zero-order valence-corrected chi connectivity index (χ0v) is 22.2. The van der Waals surface area contributed by atoms with Crippen LogP contribution < -0.4 is 10.6 Å². The number of pyridine rings is 1. The molecule has 2 aliphatic heterocycles. The number of hydrogen-bond acceptors (Lipinski definition) is 4. The SMILES string of the molecule is CN1C(=O)C=C[C@]2(C)[C@H]3CC[C@]4(C)[C@@H](CC(=O)NCc5ccc6c(n5)NCCC6)CC[C@H]4[C@@H]3CC[C@@H]12. The highest BCUT2D eigenvalue weighted by Gasteiger charge is 2.60. The highest BCUT2D eigenvalue weighted by atomic mass is 16.2. The Balaban J connectivity index is 1.10. The van der Waals surface area contributed by atoms with E-state index in [4.69, 9.17) is 4.98 Å². The number of aromatic nitrogens is 1. The molecule has 194 valence electrons. The lowest BCUT2D eigenvalue weighted by Crippen LogP contribution is -2.59. The molecule has 3 fully saturated rings. The van der Waals surface area contributed by atoms with E-state index in [0.29, 0.717) is 42.7 Å². The summed E-state index contributed by atoms with van der Waals surface area (Å²) in [6, 6.07) is 4.54. The standard InChI is InChI=1S/C30H42N4O2/c1-29-14-12-24-22(9-11-25-30(24,2)15-13-27(36)34(25)3)23(29)10-7-20(29)17-26(35)32-18-21-8-6-19-5-4-16-31-28(19)33-21/h6,8,13,15,20,22-25H,4-5,7,9-12,14,16-18H2,1-3H3,(H,31,33)(H,32,35)/t20-,22+,23+,24+,25-,29-,30-/m1/s1. The van der Waals surface area contributed by atoms with Crippen molar-refractivity contribution in [3.63, 3.8) is 0 Å². The van der Waals surface area contributed by atoms with Crippen LogP contribution in [0.2, 0.25) is 0 Å². The maximum atomic E-state index is 13.1. The molecule has 3 saturated carbocycles. The van der Waals surface area contributed by atoms with Crippen LogP contribution in [0.5, 0.6) is 0 Å². The number of carbonyl (C=O) groups excluding carboxylic acids is 2. The summed E-state index contributed by atoms with van der Waals surface area (Å²) in [4.78, 5) is 32.1. The summed E-state index contributed by atoms with van der Waals surface area (Å²) in [6.45, 7) is 6.37. The lowest BCUT2D eigenvalue weighted by Gasteiger charge is -2.60. The molecule has 3 aliphatic carbocycles. The fraction of sp³-hybridized carbons (Fsp3) is 0.700. The lowest BCUT2D eigenvalue weighted by atomic mass is 9.47. The van der Waals surface area contributed by atoms with Gasteiger partial charge >= 0.3 is 0 Å². The third kappa shape index (κ3) is 3.78. The molecule has 6 heteroatoms. The quantitative estimate of drug-likeness (QED) is 0.642. The van der Waals surface area contributed by atoms with Crippen molar-refractivity contribution in [1.82, 2.24) is 15.2 Å². The zero-order valence-electron chi connectivity index (χ0n) is 22.2. The molecule has 6 nitrogen and oxygen atoms in total. The number of fused-ring (bicyclic) bond motifs is 6. The summed E-state index contributed by atoms with van der Waals surface area (Å²) in [7, 11) is 1.99. The number of anilines is 1. The van der Waals surface area contributed by atoms with E-state index in [9.17, 15) is 9.59 Å².